The number of rotatable bonds is 3. The second kappa shape index (κ2) is 6.60. The van der Waals surface area contributed by atoms with E-state index in [2.05, 4.69) is 49.2 Å². The summed E-state index contributed by atoms with van der Waals surface area (Å²) in [5.74, 6) is 0.687. The van der Waals surface area contributed by atoms with E-state index in [-0.39, 0.29) is 0 Å². The molecular formula is C23H18N8. The van der Waals surface area contributed by atoms with Gasteiger partial charge in [-0.25, -0.2) is 9.97 Å². The van der Waals surface area contributed by atoms with Crippen LogP contribution in [0.15, 0.2) is 61.6 Å². The summed E-state index contributed by atoms with van der Waals surface area (Å²) < 4.78 is 1.93. The first-order chi connectivity index (χ1) is 15.2. The molecule has 0 atom stereocenters. The number of aromatic nitrogens is 8. The van der Waals surface area contributed by atoms with Gasteiger partial charge in [0.15, 0.2) is 5.82 Å². The monoisotopic (exact) mass is 406 g/mol. The summed E-state index contributed by atoms with van der Waals surface area (Å²) in [6.07, 6.45) is 11.0. The Morgan fingerprint density at radius 3 is 2.74 bits per heavy atom. The predicted molar refractivity (Wildman–Crippen MR) is 119 cm³/mol. The summed E-state index contributed by atoms with van der Waals surface area (Å²) in [5, 5.41) is 8.66. The smallest absolute Gasteiger partial charge is 0.159 e. The number of imidazole rings is 2. The molecule has 6 rings (SSSR count). The van der Waals surface area contributed by atoms with Gasteiger partial charge in [-0.2, -0.15) is 5.10 Å². The first-order valence-corrected chi connectivity index (χ1v) is 9.91. The quantitative estimate of drug-likeness (QED) is 0.455. The zero-order valence-electron chi connectivity index (χ0n) is 17.0. The molecule has 0 radical (unpaired) electrons. The Labute approximate surface area is 177 Å². The molecule has 8 heteroatoms. The highest BCUT2D eigenvalue weighted by atomic mass is 15.1. The summed E-state index contributed by atoms with van der Waals surface area (Å²) in [5.41, 5.74) is 8.54. The van der Waals surface area contributed by atoms with E-state index in [4.69, 9.17) is 4.98 Å². The Hall–Kier alpha value is -4.33. The topological polar surface area (TPSA) is 101 Å². The maximum Gasteiger partial charge on any atom is 0.159 e. The normalized spacial score (nSPS) is 11.5. The number of aryl methyl sites for hydroxylation is 2. The zero-order chi connectivity index (χ0) is 20.9. The molecule has 2 N–H and O–H groups in total. The summed E-state index contributed by atoms with van der Waals surface area (Å²) in [6.45, 7) is 4.04. The molecule has 0 amide bonds. The van der Waals surface area contributed by atoms with Crippen LogP contribution >= 0.6 is 0 Å². The number of H-pyrrole nitrogens is 2. The van der Waals surface area contributed by atoms with Crippen molar-refractivity contribution in [2.45, 2.75) is 13.8 Å². The number of hydrogen-bond acceptors (Lipinski definition) is 5. The van der Waals surface area contributed by atoms with Crippen LogP contribution in [0.25, 0.3) is 50.3 Å². The van der Waals surface area contributed by atoms with Gasteiger partial charge in [-0.3, -0.25) is 15.1 Å². The van der Waals surface area contributed by atoms with Gasteiger partial charge in [-0.1, -0.05) is 6.07 Å². The van der Waals surface area contributed by atoms with Crippen molar-refractivity contribution in [2.24, 2.45) is 0 Å². The van der Waals surface area contributed by atoms with Crippen LogP contribution in [0.5, 0.6) is 0 Å². The van der Waals surface area contributed by atoms with Gasteiger partial charge < -0.3 is 9.55 Å². The molecule has 0 unspecified atom stereocenters. The van der Waals surface area contributed by atoms with Crippen LogP contribution < -0.4 is 0 Å². The zero-order valence-corrected chi connectivity index (χ0v) is 17.0. The molecule has 5 heterocycles. The molecule has 0 saturated carbocycles. The highest BCUT2D eigenvalue weighted by Crippen LogP contribution is 2.32. The first kappa shape index (κ1) is 17.5. The number of pyridine rings is 2. The van der Waals surface area contributed by atoms with E-state index >= 15 is 0 Å². The van der Waals surface area contributed by atoms with E-state index < -0.39 is 0 Å². The minimum absolute atomic E-state index is 0.687. The average Bonchev–Trinajstić information content (AvgIpc) is 3.50. The van der Waals surface area contributed by atoms with Crippen LogP contribution in [-0.2, 0) is 0 Å². The van der Waals surface area contributed by atoms with Crippen LogP contribution in [-0.4, -0.2) is 39.7 Å². The summed E-state index contributed by atoms with van der Waals surface area (Å²) in [4.78, 5) is 21.2. The third-order valence-electron chi connectivity index (χ3n) is 5.50. The van der Waals surface area contributed by atoms with Crippen molar-refractivity contribution < 1.29 is 0 Å². The Bertz CT molecular complexity index is 1570. The van der Waals surface area contributed by atoms with E-state index in [9.17, 15) is 0 Å². The molecule has 0 aliphatic rings. The summed E-state index contributed by atoms with van der Waals surface area (Å²) in [6, 6.07) is 8.26. The lowest BCUT2D eigenvalue weighted by Gasteiger charge is -2.05. The molecule has 0 spiro atoms. The fraction of sp³-hybridized carbons (Fsp3) is 0.0870. The summed E-state index contributed by atoms with van der Waals surface area (Å²) >= 11 is 0. The maximum atomic E-state index is 4.87. The minimum Gasteiger partial charge on any atom is -0.335 e. The number of aromatic amines is 2. The molecule has 0 aliphatic heterocycles. The van der Waals surface area contributed by atoms with Gasteiger partial charge in [0.2, 0.25) is 0 Å². The van der Waals surface area contributed by atoms with Crippen LogP contribution in [0.3, 0.4) is 0 Å². The predicted octanol–water partition coefficient (Wildman–Crippen LogP) is 4.37. The van der Waals surface area contributed by atoms with Crippen LogP contribution in [0, 0.1) is 13.8 Å². The van der Waals surface area contributed by atoms with E-state index in [1.165, 1.54) is 5.56 Å². The molecule has 0 aliphatic carbocycles. The Kier molecular flexibility index (Phi) is 3.73. The van der Waals surface area contributed by atoms with Gasteiger partial charge in [-0.15, -0.1) is 0 Å². The van der Waals surface area contributed by atoms with E-state index in [0.717, 1.165) is 50.1 Å². The first-order valence-electron chi connectivity index (χ1n) is 9.91. The van der Waals surface area contributed by atoms with E-state index in [1.54, 1.807) is 18.7 Å². The third-order valence-corrected chi connectivity index (χ3v) is 5.50. The number of nitrogens with one attached hydrogen (secondary N) is 2. The molecule has 31 heavy (non-hydrogen) atoms. The van der Waals surface area contributed by atoms with Crippen LogP contribution in [0.1, 0.15) is 11.3 Å². The van der Waals surface area contributed by atoms with E-state index in [1.807, 2.05) is 42.2 Å². The van der Waals surface area contributed by atoms with Gasteiger partial charge in [0.05, 0.1) is 41.1 Å². The van der Waals surface area contributed by atoms with Crippen LogP contribution in [0.4, 0.5) is 0 Å². The molecule has 0 saturated heterocycles. The highest BCUT2D eigenvalue weighted by Gasteiger charge is 2.16. The lowest BCUT2D eigenvalue weighted by molar-refractivity contribution is 1.05. The van der Waals surface area contributed by atoms with Gasteiger partial charge in [0, 0.05) is 29.5 Å². The number of nitrogens with zero attached hydrogens (tertiary/aromatic N) is 6. The Balaban J connectivity index is 1.52. The average molecular weight is 406 g/mol. The number of hydrogen-bond donors (Lipinski definition) is 2. The standard InChI is InChI=1S/C23H18N8/c1-13-5-6-24-8-17(13)15-3-4-18-16(7-15)21(30-29-18)23-27-19-9-25-10-20(22(19)28-23)31-11-14(2)26-12-31/h3-12H,1-2H3,(H,27,28)(H,29,30). The lowest BCUT2D eigenvalue weighted by atomic mass is 10.0. The molecule has 0 fully saturated rings. The molecular weight excluding hydrogens is 388 g/mol. The van der Waals surface area contributed by atoms with Gasteiger partial charge >= 0.3 is 0 Å². The van der Waals surface area contributed by atoms with Crippen molar-refractivity contribution in [3.8, 4) is 28.3 Å². The van der Waals surface area contributed by atoms with Crippen molar-refractivity contribution in [1.82, 2.24) is 39.7 Å². The van der Waals surface area contributed by atoms with Crippen molar-refractivity contribution in [2.75, 3.05) is 0 Å². The second-order valence-electron chi connectivity index (χ2n) is 7.59. The molecule has 0 bridgehead atoms. The van der Waals surface area contributed by atoms with Crippen LogP contribution in [0.2, 0.25) is 0 Å². The van der Waals surface area contributed by atoms with Gasteiger partial charge in [0.1, 0.15) is 11.2 Å². The molecule has 1 aromatic carbocycles. The molecule has 150 valence electrons. The number of benzene rings is 1. The Morgan fingerprint density at radius 1 is 0.968 bits per heavy atom. The fourth-order valence-electron chi connectivity index (χ4n) is 3.90. The van der Waals surface area contributed by atoms with E-state index in [0.29, 0.717) is 5.82 Å². The minimum atomic E-state index is 0.687. The third kappa shape index (κ3) is 2.80. The van der Waals surface area contributed by atoms with Gasteiger partial charge in [0.25, 0.3) is 0 Å². The van der Waals surface area contributed by atoms with Crippen molar-refractivity contribution in [3.63, 3.8) is 0 Å². The second-order valence-corrected chi connectivity index (χ2v) is 7.59. The van der Waals surface area contributed by atoms with Crippen molar-refractivity contribution in [3.05, 3.63) is 72.8 Å². The highest BCUT2D eigenvalue weighted by molar-refractivity contribution is 5.96. The molecule has 5 aromatic heterocycles. The largest absolute Gasteiger partial charge is 0.335 e. The van der Waals surface area contributed by atoms with Crippen molar-refractivity contribution >= 4 is 21.9 Å². The lowest BCUT2D eigenvalue weighted by Crippen LogP contribution is -1.92. The van der Waals surface area contributed by atoms with Crippen molar-refractivity contribution in [1.29, 1.82) is 0 Å². The maximum absolute atomic E-state index is 4.87. The molecule has 6 aromatic rings. The Morgan fingerprint density at radius 2 is 1.90 bits per heavy atom. The SMILES string of the molecule is Cc1cn(-c2cncc3[nH]c(-c4n[nH]c5ccc(-c6cnccc6C)cc45)nc23)cn1. The summed E-state index contributed by atoms with van der Waals surface area (Å²) in [7, 11) is 0. The number of fused-ring (bicyclic) bond motifs is 2. The fourth-order valence-corrected chi connectivity index (χ4v) is 3.90. The molecule has 8 nitrogen and oxygen atoms in total. The van der Waals surface area contributed by atoms with Gasteiger partial charge in [-0.05, 0) is 43.2 Å².